The van der Waals surface area contributed by atoms with Gasteiger partial charge in [-0.1, -0.05) is 31.3 Å². The van der Waals surface area contributed by atoms with Crippen molar-refractivity contribution in [2.24, 2.45) is 5.73 Å². The van der Waals surface area contributed by atoms with Gasteiger partial charge in [0, 0.05) is 19.0 Å². The minimum Gasteiger partial charge on any atom is -0.389 e. The third-order valence-corrected chi connectivity index (χ3v) is 2.59. The standard InChI is InChI=1S/C12H16N2OS/c1-3-6-11(15)14(2)10-8-5-4-7-9(10)12(13)16/h4-5,7-8H,3,6H2,1-2H3,(H2,13,16). The summed E-state index contributed by atoms with van der Waals surface area (Å²) in [4.78, 5) is 13.7. The van der Waals surface area contributed by atoms with Crippen LogP contribution in [0.1, 0.15) is 25.3 Å². The number of carbonyl (C=O) groups excluding carboxylic acids is 1. The maximum absolute atomic E-state index is 11.8. The number of para-hydroxylation sites is 1. The number of benzene rings is 1. The van der Waals surface area contributed by atoms with Gasteiger partial charge in [-0.3, -0.25) is 4.79 Å². The molecule has 1 rings (SSSR count). The number of hydrogen-bond donors (Lipinski definition) is 1. The van der Waals surface area contributed by atoms with E-state index < -0.39 is 0 Å². The van der Waals surface area contributed by atoms with Gasteiger partial charge in [-0.25, -0.2) is 0 Å². The van der Waals surface area contributed by atoms with Crippen molar-refractivity contribution in [2.45, 2.75) is 19.8 Å². The second kappa shape index (κ2) is 5.61. The molecule has 0 aliphatic carbocycles. The van der Waals surface area contributed by atoms with Gasteiger partial charge in [-0.15, -0.1) is 0 Å². The highest BCUT2D eigenvalue weighted by atomic mass is 32.1. The lowest BCUT2D eigenvalue weighted by Crippen LogP contribution is -2.28. The van der Waals surface area contributed by atoms with E-state index in [2.05, 4.69) is 0 Å². The summed E-state index contributed by atoms with van der Waals surface area (Å²) in [5.74, 6) is 0.0752. The summed E-state index contributed by atoms with van der Waals surface area (Å²) in [7, 11) is 1.75. The first-order valence-corrected chi connectivity index (χ1v) is 5.64. The molecule has 0 fully saturated rings. The molecule has 0 heterocycles. The largest absolute Gasteiger partial charge is 0.389 e. The first-order valence-electron chi connectivity index (χ1n) is 5.23. The number of carbonyl (C=O) groups is 1. The third-order valence-electron chi connectivity index (χ3n) is 2.37. The molecule has 0 aromatic heterocycles. The van der Waals surface area contributed by atoms with Crippen LogP contribution in [0.2, 0.25) is 0 Å². The monoisotopic (exact) mass is 236 g/mol. The van der Waals surface area contributed by atoms with Crippen LogP contribution in [0.25, 0.3) is 0 Å². The lowest BCUT2D eigenvalue weighted by Gasteiger charge is -2.20. The molecule has 3 nitrogen and oxygen atoms in total. The first-order chi connectivity index (χ1) is 7.57. The van der Waals surface area contributed by atoms with Crippen LogP contribution in [0.5, 0.6) is 0 Å². The topological polar surface area (TPSA) is 46.3 Å². The summed E-state index contributed by atoms with van der Waals surface area (Å²) in [6.07, 6.45) is 1.36. The molecule has 0 atom stereocenters. The van der Waals surface area contributed by atoms with Crippen LogP contribution in [0.3, 0.4) is 0 Å². The SMILES string of the molecule is CCCC(=O)N(C)c1ccccc1C(N)=S. The Bertz CT molecular complexity index is 404. The highest BCUT2D eigenvalue weighted by Crippen LogP contribution is 2.19. The van der Waals surface area contributed by atoms with Crippen molar-refractivity contribution in [2.75, 3.05) is 11.9 Å². The summed E-state index contributed by atoms with van der Waals surface area (Å²) in [5.41, 5.74) is 7.13. The average molecular weight is 236 g/mol. The lowest BCUT2D eigenvalue weighted by molar-refractivity contribution is -0.118. The summed E-state index contributed by atoms with van der Waals surface area (Å²) >= 11 is 4.96. The molecular formula is C12H16N2OS. The summed E-state index contributed by atoms with van der Waals surface area (Å²) in [6, 6.07) is 7.40. The van der Waals surface area contributed by atoms with Crippen molar-refractivity contribution >= 4 is 28.8 Å². The van der Waals surface area contributed by atoms with Crippen LogP contribution < -0.4 is 10.6 Å². The van der Waals surface area contributed by atoms with Gasteiger partial charge >= 0.3 is 0 Å². The predicted octanol–water partition coefficient (Wildman–Crippen LogP) is 2.08. The zero-order valence-electron chi connectivity index (χ0n) is 9.56. The smallest absolute Gasteiger partial charge is 0.226 e. The fraction of sp³-hybridized carbons (Fsp3) is 0.333. The maximum Gasteiger partial charge on any atom is 0.226 e. The molecule has 0 saturated heterocycles. The molecule has 86 valence electrons. The molecule has 1 amide bonds. The van der Waals surface area contributed by atoms with Gasteiger partial charge in [-0.2, -0.15) is 0 Å². The van der Waals surface area contributed by atoms with Gasteiger partial charge < -0.3 is 10.6 Å². The van der Waals surface area contributed by atoms with E-state index in [9.17, 15) is 4.79 Å². The van der Waals surface area contributed by atoms with E-state index in [1.807, 2.05) is 31.2 Å². The Morgan fingerprint density at radius 1 is 1.44 bits per heavy atom. The van der Waals surface area contributed by atoms with Crippen LogP contribution in [0.15, 0.2) is 24.3 Å². The Morgan fingerprint density at radius 3 is 2.62 bits per heavy atom. The van der Waals surface area contributed by atoms with Gasteiger partial charge in [0.25, 0.3) is 0 Å². The predicted molar refractivity (Wildman–Crippen MR) is 70.6 cm³/mol. The third kappa shape index (κ3) is 2.79. The molecule has 1 aromatic rings. The highest BCUT2D eigenvalue weighted by molar-refractivity contribution is 7.80. The van der Waals surface area contributed by atoms with E-state index >= 15 is 0 Å². The summed E-state index contributed by atoms with van der Waals surface area (Å²) in [6.45, 7) is 1.98. The Kier molecular flexibility index (Phi) is 4.43. The minimum absolute atomic E-state index is 0.0752. The Hall–Kier alpha value is -1.42. The van der Waals surface area contributed by atoms with E-state index in [-0.39, 0.29) is 5.91 Å². The number of nitrogens with zero attached hydrogens (tertiary/aromatic N) is 1. The molecule has 1 aromatic carbocycles. The maximum atomic E-state index is 11.8. The Morgan fingerprint density at radius 2 is 2.06 bits per heavy atom. The molecule has 0 radical (unpaired) electrons. The van der Waals surface area contributed by atoms with Crippen molar-refractivity contribution in [3.8, 4) is 0 Å². The van der Waals surface area contributed by atoms with Gasteiger partial charge in [0.1, 0.15) is 4.99 Å². The van der Waals surface area contributed by atoms with E-state index in [1.165, 1.54) is 0 Å². The van der Waals surface area contributed by atoms with Gasteiger partial charge in [0.05, 0.1) is 5.69 Å². The van der Waals surface area contributed by atoms with Crippen LogP contribution >= 0.6 is 12.2 Å². The molecule has 4 heteroatoms. The van der Waals surface area contributed by atoms with Crippen molar-refractivity contribution in [1.29, 1.82) is 0 Å². The molecule has 0 saturated carbocycles. The number of thiocarbonyl (C=S) groups is 1. The first kappa shape index (κ1) is 12.6. The van der Waals surface area contributed by atoms with Gasteiger partial charge in [-0.05, 0) is 18.6 Å². The van der Waals surface area contributed by atoms with E-state index in [0.29, 0.717) is 11.4 Å². The molecule has 16 heavy (non-hydrogen) atoms. The van der Waals surface area contributed by atoms with Crippen LogP contribution in [-0.2, 0) is 4.79 Å². The van der Waals surface area contributed by atoms with Gasteiger partial charge in [0.15, 0.2) is 0 Å². The zero-order valence-corrected chi connectivity index (χ0v) is 10.4. The number of nitrogens with two attached hydrogens (primary N) is 1. The molecule has 0 spiro atoms. The summed E-state index contributed by atoms with van der Waals surface area (Å²) < 4.78 is 0. The fourth-order valence-corrected chi connectivity index (χ4v) is 1.66. The second-order valence-electron chi connectivity index (χ2n) is 3.58. The van der Waals surface area contributed by atoms with Crippen molar-refractivity contribution in [3.05, 3.63) is 29.8 Å². The number of rotatable bonds is 4. The van der Waals surface area contributed by atoms with Crippen LogP contribution in [0.4, 0.5) is 5.69 Å². The normalized spacial score (nSPS) is 9.88. The summed E-state index contributed by atoms with van der Waals surface area (Å²) in [5, 5.41) is 0. The Labute approximate surface area is 101 Å². The zero-order chi connectivity index (χ0) is 12.1. The highest BCUT2D eigenvalue weighted by Gasteiger charge is 2.14. The molecule has 0 unspecified atom stereocenters. The van der Waals surface area contributed by atoms with Crippen molar-refractivity contribution < 1.29 is 4.79 Å². The number of hydrogen-bond acceptors (Lipinski definition) is 2. The lowest BCUT2D eigenvalue weighted by atomic mass is 10.1. The number of anilines is 1. The molecule has 0 aliphatic heterocycles. The fourth-order valence-electron chi connectivity index (χ4n) is 1.49. The second-order valence-corrected chi connectivity index (χ2v) is 4.02. The molecule has 2 N–H and O–H groups in total. The average Bonchev–Trinajstić information content (AvgIpc) is 2.28. The molecule has 0 bridgehead atoms. The minimum atomic E-state index is 0.0752. The van der Waals surface area contributed by atoms with Crippen LogP contribution in [-0.4, -0.2) is 17.9 Å². The van der Waals surface area contributed by atoms with Crippen LogP contribution in [0, 0.1) is 0 Å². The van der Waals surface area contributed by atoms with E-state index in [4.69, 9.17) is 18.0 Å². The quantitative estimate of drug-likeness (QED) is 0.814. The van der Waals surface area contributed by atoms with Crippen molar-refractivity contribution in [1.82, 2.24) is 0 Å². The van der Waals surface area contributed by atoms with Crippen molar-refractivity contribution in [3.63, 3.8) is 0 Å². The Balaban J connectivity index is 3.03. The number of amides is 1. The van der Waals surface area contributed by atoms with E-state index in [0.717, 1.165) is 17.7 Å². The molecular weight excluding hydrogens is 220 g/mol. The van der Waals surface area contributed by atoms with Gasteiger partial charge in [0.2, 0.25) is 5.91 Å². The van der Waals surface area contributed by atoms with E-state index in [1.54, 1.807) is 11.9 Å². The molecule has 0 aliphatic rings.